The van der Waals surface area contributed by atoms with Gasteiger partial charge in [0, 0.05) is 0 Å². The fourth-order valence-corrected chi connectivity index (χ4v) is 12.2. The van der Waals surface area contributed by atoms with Crippen LogP contribution in [-0.4, -0.2) is 25.2 Å². The minimum absolute atomic E-state index is 2.00. The third-order valence-electron chi connectivity index (χ3n) is 1.70. The highest BCUT2D eigenvalue weighted by Gasteiger charge is 2.38. The van der Waals surface area contributed by atoms with Crippen molar-refractivity contribution in [1.29, 1.82) is 0 Å². The maximum absolute atomic E-state index is 5.97. The molecule has 84 valence electrons. The Balaban J connectivity index is 4.61. The molecule has 5 heteroatoms. The second-order valence-electron chi connectivity index (χ2n) is 4.91. The highest BCUT2D eigenvalue weighted by molar-refractivity contribution is 6.92. The monoisotopic (exact) mass is 256 g/mol. The zero-order valence-electron chi connectivity index (χ0n) is 10.5. The predicted molar refractivity (Wildman–Crippen MR) is 72.3 cm³/mol. The molecule has 0 aromatic carbocycles. The lowest BCUT2D eigenvalue weighted by Gasteiger charge is -2.34. The van der Waals surface area contributed by atoms with E-state index in [0.717, 1.165) is 0 Å². The molecule has 0 saturated carbocycles. The maximum Gasteiger partial charge on any atom is 0.312 e. The Hall–Kier alpha value is -0.309. The van der Waals surface area contributed by atoms with Crippen molar-refractivity contribution in [1.82, 2.24) is 0 Å². The van der Waals surface area contributed by atoms with Gasteiger partial charge in [0.1, 0.15) is 0 Å². The van der Waals surface area contributed by atoms with Crippen molar-refractivity contribution in [3.63, 3.8) is 0 Å². The van der Waals surface area contributed by atoms with Crippen LogP contribution in [0.25, 0.3) is 0 Å². The van der Waals surface area contributed by atoms with Gasteiger partial charge in [-0.1, -0.05) is 0 Å². The molecule has 0 aliphatic heterocycles. The average molecular weight is 257 g/mol. The Morgan fingerprint density at radius 3 is 1.20 bits per heavy atom. The Morgan fingerprint density at radius 2 is 1.00 bits per heavy atom. The first kappa shape index (κ1) is 14.7. The van der Waals surface area contributed by atoms with Crippen LogP contribution in [0.15, 0.2) is 0 Å². The van der Waals surface area contributed by atoms with Gasteiger partial charge in [0.15, 0.2) is 0 Å². The van der Waals surface area contributed by atoms with E-state index in [9.17, 15) is 0 Å². The minimum Gasteiger partial charge on any atom is -0.427 e. The second-order valence-corrected chi connectivity index (χ2v) is 16.0. The average Bonchev–Trinajstić information content (AvgIpc) is 2.00. The molecule has 2 nitrogen and oxygen atoms in total. The first-order valence-corrected chi connectivity index (χ1v) is 13.5. The molecular weight excluding hydrogens is 236 g/mol. The summed E-state index contributed by atoms with van der Waals surface area (Å²) in [7, 11) is -6.19. The Morgan fingerprint density at radius 1 is 0.733 bits per heavy atom. The molecule has 0 heterocycles. The van der Waals surface area contributed by atoms with E-state index in [2.05, 4.69) is 11.1 Å². The van der Waals surface area contributed by atoms with Gasteiger partial charge in [-0.2, -0.15) is 0 Å². The summed E-state index contributed by atoms with van der Waals surface area (Å²) in [5.41, 5.74) is 5.47. The molecule has 0 N–H and O–H groups in total. The zero-order chi connectivity index (χ0) is 12.3. The molecule has 0 aromatic rings. The van der Waals surface area contributed by atoms with E-state index in [4.69, 9.17) is 21.1 Å². The molecule has 0 spiro atoms. The molecule has 0 aliphatic carbocycles. The van der Waals surface area contributed by atoms with E-state index in [1.54, 1.807) is 0 Å². The lowest BCUT2D eigenvalue weighted by Crippen LogP contribution is -2.51. The molecule has 15 heavy (non-hydrogen) atoms. The van der Waals surface area contributed by atoms with Crippen molar-refractivity contribution >= 4 is 25.2 Å². The molecular formula is C10H20O2Si3. The Bertz CT molecular complexity index is 278. The van der Waals surface area contributed by atoms with Crippen LogP contribution in [0.3, 0.4) is 0 Å². The highest BCUT2D eigenvalue weighted by Crippen LogP contribution is 2.19. The summed E-state index contributed by atoms with van der Waals surface area (Å²) in [6.07, 6.45) is 10.9. The van der Waals surface area contributed by atoms with Crippen LogP contribution in [0, 0.1) is 23.9 Å². The van der Waals surface area contributed by atoms with Crippen LogP contribution >= 0.6 is 0 Å². The van der Waals surface area contributed by atoms with E-state index >= 15 is 0 Å². The molecule has 0 amide bonds. The first-order valence-electron chi connectivity index (χ1n) is 4.89. The number of hydrogen-bond donors (Lipinski definition) is 0. The maximum atomic E-state index is 5.97. The van der Waals surface area contributed by atoms with E-state index in [-0.39, 0.29) is 0 Å². The zero-order valence-corrected chi connectivity index (χ0v) is 13.5. The number of hydrogen-bond acceptors (Lipinski definition) is 2. The third kappa shape index (κ3) is 5.98. The van der Waals surface area contributed by atoms with Crippen LogP contribution in [0.4, 0.5) is 0 Å². The van der Waals surface area contributed by atoms with Crippen molar-refractivity contribution in [2.75, 3.05) is 0 Å². The summed E-state index contributed by atoms with van der Waals surface area (Å²) in [6, 6.07) is 0. The van der Waals surface area contributed by atoms with Gasteiger partial charge >= 0.3 is 8.56 Å². The van der Waals surface area contributed by atoms with Crippen LogP contribution in [-0.2, 0) is 8.23 Å². The standard InChI is InChI=1S/C10H20O2Si3/c1-9-13(3,4)11-15(7,8)12-14(5,6)10-2/h1-2H,3-8H3. The lowest BCUT2D eigenvalue weighted by molar-refractivity contribution is 0.402. The number of rotatable bonds is 4. The SMILES string of the molecule is C#C[Si](C)(C)O[Si](C)(C)O[Si](C)(C)C#C. The van der Waals surface area contributed by atoms with Gasteiger partial charge in [-0.25, -0.2) is 0 Å². The van der Waals surface area contributed by atoms with Crippen molar-refractivity contribution < 1.29 is 8.23 Å². The molecule has 0 fully saturated rings. The minimum atomic E-state index is -2.18. The summed E-state index contributed by atoms with van der Waals surface area (Å²) >= 11 is 0. The van der Waals surface area contributed by atoms with Crippen LogP contribution in [0.1, 0.15) is 0 Å². The highest BCUT2D eigenvalue weighted by atomic mass is 28.5. The van der Waals surface area contributed by atoms with E-state index < -0.39 is 25.2 Å². The largest absolute Gasteiger partial charge is 0.427 e. The van der Waals surface area contributed by atoms with E-state index in [1.165, 1.54) is 0 Å². The second kappa shape index (κ2) is 4.69. The molecule has 0 aromatic heterocycles. The Kier molecular flexibility index (Phi) is 4.59. The fraction of sp³-hybridized carbons (Fsp3) is 0.600. The van der Waals surface area contributed by atoms with Gasteiger partial charge in [0.2, 0.25) is 0 Å². The molecule has 0 atom stereocenters. The summed E-state index contributed by atoms with van der Waals surface area (Å²) in [4.78, 5) is 0. The summed E-state index contributed by atoms with van der Waals surface area (Å²) in [5.74, 6) is 0. The van der Waals surface area contributed by atoms with Gasteiger partial charge in [0.05, 0.1) is 0 Å². The summed E-state index contributed by atoms with van der Waals surface area (Å²) in [5, 5.41) is 0. The fourth-order valence-electron chi connectivity index (χ4n) is 1.31. The van der Waals surface area contributed by atoms with Gasteiger partial charge in [-0.05, 0) is 39.3 Å². The van der Waals surface area contributed by atoms with Gasteiger partial charge in [-0.3, -0.25) is 0 Å². The van der Waals surface area contributed by atoms with Crippen LogP contribution < -0.4 is 0 Å². The van der Waals surface area contributed by atoms with Crippen molar-refractivity contribution in [3.8, 4) is 23.9 Å². The van der Waals surface area contributed by atoms with Crippen molar-refractivity contribution in [2.45, 2.75) is 39.3 Å². The molecule has 0 unspecified atom stereocenters. The van der Waals surface area contributed by atoms with Crippen LogP contribution in [0.2, 0.25) is 39.3 Å². The van der Waals surface area contributed by atoms with Crippen LogP contribution in [0.5, 0.6) is 0 Å². The van der Waals surface area contributed by atoms with Gasteiger partial charge in [0.25, 0.3) is 16.6 Å². The van der Waals surface area contributed by atoms with E-state index in [1.807, 2.05) is 39.3 Å². The van der Waals surface area contributed by atoms with Crippen molar-refractivity contribution in [2.24, 2.45) is 0 Å². The van der Waals surface area contributed by atoms with Crippen molar-refractivity contribution in [3.05, 3.63) is 0 Å². The Labute approximate surface area is 96.9 Å². The van der Waals surface area contributed by atoms with E-state index in [0.29, 0.717) is 0 Å². The number of terminal acetylenes is 2. The molecule has 0 bridgehead atoms. The topological polar surface area (TPSA) is 18.5 Å². The molecule has 0 radical (unpaired) electrons. The normalized spacial score (nSPS) is 13.1. The third-order valence-corrected chi connectivity index (χ3v) is 11.1. The smallest absolute Gasteiger partial charge is 0.312 e. The first-order chi connectivity index (χ1) is 6.54. The van der Waals surface area contributed by atoms with Gasteiger partial charge < -0.3 is 8.23 Å². The predicted octanol–water partition coefficient (Wildman–Crippen LogP) is 2.48. The lowest BCUT2D eigenvalue weighted by atomic mass is 11.4. The quantitative estimate of drug-likeness (QED) is 0.568. The molecule has 0 saturated heterocycles. The molecule has 0 rings (SSSR count). The molecule has 0 aliphatic rings. The van der Waals surface area contributed by atoms with Gasteiger partial charge in [-0.15, -0.1) is 23.9 Å². The summed E-state index contributed by atoms with van der Waals surface area (Å²) in [6.45, 7) is 12.0. The summed E-state index contributed by atoms with van der Waals surface area (Å²) < 4.78 is 11.9.